The molecule has 4 nitrogen and oxygen atoms in total. The summed E-state index contributed by atoms with van der Waals surface area (Å²) in [6.07, 6.45) is 6.77. The minimum Gasteiger partial charge on any atom is -0.344 e. The quantitative estimate of drug-likeness (QED) is 0.819. The van der Waals surface area contributed by atoms with Crippen LogP contribution in [0.2, 0.25) is 0 Å². The third-order valence-electron chi connectivity index (χ3n) is 6.31. The summed E-state index contributed by atoms with van der Waals surface area (Å²) in [6, 6.07) is 6.37. The second kappa shape index (κ2) is 7.03. The minimum absolute atomic E-state index is 0.128. The molecule has 2 fully saturated rings. The molecule has 0 spiro atoms. The molecule has 0 unspecified atom stereocenters. The molecule has 1 saturated carbocycles. The van der Waals surface area contributed by atoms with E-state index in [9.17, 15) is 9.18 Å². The Hall–Kier alpha value is -1.88. The van der Waals surface area contributed by atoms with Crippen LogP contribution in [-0.2, 0) is 4.79 Å². The molecule has 1 aromatic heterocycles. The van der Waals surface area contributed by atoms with Gasteiger partial charge in [-0.25, -0.2) is 4.39 Å². The maximum absolute atomic E-state index is 14.2. The van der Waals surface area contributed by atoms with Gasteiger partial charge in [-0.1, -0.05) is 6.07 Å². The van der Waals surface area contributed by atoms with E-state index in [0.717, 1.165) is 55.5 Å². The van der Waals surface area contributed by atoms with E-state index >= 15 is 0 Å². The number of aryl methyl sites for hydroxylation is 1. The Balaban J connectivity index is 1.51. The number of hydrogen-bond donors (Lipinski definition) is 0. The molecule has 26 heavy (non-hydrogen) atoms. The van der Waals surface area contributed by atoms with Crippen molar-refractivity contribution >= 4 is 16.8 Å². The van der Waals surface area contributed by atoms with Crippen LogP contribution in [-0.4, -0.2) is 52.5 Å². The van der Waals surface area contributed by atoms with Gasteiger partial charge < -0.3 is 9.47 Å². The van der Waals surface area contributed by atoms with Gasteiger partial charge in [0.1, 0.15) is 5.82 Å². The third kappa shape index (κ3) is 3.13. The normalized spacial score (nSPS) is 25.0. The minimum atomic E-state index is -0.128. The number of amides is 1. The van der Waals surface area contributed by atoms with Gasteiger partial charge in [0.2, 0.25) is 5.91 Å². The molecule has 5 heteroatoms. The van der Waals surface area contributed by atoms with E-state index in [1.807, 2.05) is 17.0 Å². The summed E-state index contributed by atoms with van der Waals surface area (Å²) in [5, 5.41) is 0.738. The predicted octanol–water partition coefficient (Wildman–Crippen LogP) is 3.74. The Morgan fingerprint density at radius 1 is 1.08 bits per heavy atom. The van der Waals surface area contributed by atoms with E-state index in [0.29, 0.717) is 12.1 Å². The lowest BCUT2D eigenvalue weighted by atomic mass is 9.89. The monoisotopic (exact) mass is 357 g/mol. The van der Waals surface area contributed by atoms with Crippen molar-refractivity contribution < 1.29 is 9.18 Å². The summed E-state index contributed by atoms with van der Waals surface area (Å²) >= 11 is 0. The molecule has 140 valence electrons. The van der Waals surface area contributed by atoms with Gasteiger partial charge in [-0.3, -0.25) is 9.69 Å². The van der Waals surface area contributed by atoms with Crippen molar-refractivity contribution in [3.63, 3.8) is 0 Å². The number of fused-ring (bicyclic) bond motifs is 1. The maximum atomic E-state index is 14.2. The van der Waals surface area contributed by atoms with Crippen LogP contribution >= 0.6 is 0 Å². The molecule has 1 aliphatic carbocycles. The molecule has 0 bridgehead atoms. The molecular formula is C21H28FN3O. The van der Waals surface area contributed by atoms with Gasteiger partial charge in [0.25, 0.3) is 0 Å². The zero-order valence-corrected chi connectivity index (χ0v) is 15.7. The van der Waals surface area contributed by atoms with E-state index in [1.165, 1.54) is 12.8 Å². The lowest BCUT2D eigenvalue weighted by Crippen LogP contribution is -2.52. The fourth-order valence-corrected chi connectivity index (χ4v) is 4.85. The molecule has 2 atom stereocenters. The first kappa shape index (κ1) is 17.5. The first-order valence-corrected chi connectivity index (χ1v) is 9.80. The largest absolute Gasteiger partial charge is 0.344 e. The van der Waals surface area contributed by atoms with Crippen LogP contribution in [0.1, 0.15) is 44.2 Å². The zero-order valence-electron chi connectivity index (χ0n) is 15.7. The Bertz CT molecular complexity index is 807. The number of nitrogens with zero attached hydrogens (tertiary/aromatic N) is 3. The van der Waals surface area contributed by atoms with E-state index in [2.05, 4.69) is 22.6 Å². The molecule has 1 aromatic carbocycles. The van der Waals surface area contributed by atoms with Crippen molar-refractivity contribution in [2.45, 2.75) is 51.6 Å². The molecule has 4 rings (SSSR count). The SMILES string of the molecule is CC(=O)N1CCN([C@@H]2CCC[C@H](n3ccc4c(F)ccc(C)c43)C2)CC1. The van der Waals surface area contributed by atoms with E-state index < -0.39 is 0 Å². The fraction of sp³-hybridized carbons (Fsp3) is 0.571. The van der Waals surface area contributed by atoms with Crippen molar-refractivity contribution in [2.24, 2.45) is 0 Å². The molecule has 2 aromatic rings. The van der Waals surface area contributed by atoms with Gasteiger partial charge in [0.15, 0.2) is 0 Å². The van der Waals surface area contributed by atoms with Crippen LogP contribution in [0.4, 0.5) is 4.39 Å². The fourth-order valence-electron chi connectivity index (χ4n) is 4.85. The van der Waals surface area contributed by atoms with E-state index in [1.54, 1.807) is 13.0 Å². The van der Waals surface area contributed by atoms with Gasteiger partial charge in [-0.2, -0.15) is 0 Å². The van der Waals surface area contributed by atoms with Gasteiger partial charge in [-0.15, -0.1) is 0 Å². The maximum Gasteiger partial charge on any atom is 0.219 e. The molecule has 1 aliphatic heterocycles. The summed E-state index contributed by atoms with van der Waals surface area (Å²) in [4.78, 5) is 16.1. The Labute approximate surface area is 154 Å². The van der Waals surface area contributed by atoms with Crippen LogP contribution in [0.3, 0.4) is 0 Å². The molecular weight excluding hydrogens is 329 g/mol. The number of aromatic nitrogens is 1. The van der Waals surface area contributed by atoms with Crippen LogP contribution in [0.25, 0.3) is 10.9 Å². The average molecular weight is 357 g/mol. The highest BCUT2D eigenvalue weighted by atomic mass is 19.1. The molecule has 2 aliphatic rings. The number of halogens is 1. The Kier molecular flexibility index (Phi) is 4.74. The summed E-state index contributed by atoms with van der Waals surface area (Å²) in [5.41, 5.74) is 2.20. The second-order valence-electron chi connectivity index (χ2n) is 7.87. The highest BCUT2D eigenvalue weighted by Gasteiger charge is 2.30. The van der Waals surface area contributed by atoms with Crippen molar-refractivity contribution in [3.8, 4) is 0 Å². The van der Waals surface area contributed by atoms with Crippen LogP contribution in [0, 0.1) is 12.7 Å². The molecule has 1 saturated heterocycles. The summed E-state index contributed by atoms with van der Waals surface area (Å²) < 4.78 is 16.5. The van der Waals surface area contributed by atoms with Gasteiger partial charge in [0.05, 0.1) is 5.52 Å². The number of hydrogen-bond acceptors (Lipinski definition) is 2. The number of carbonyl (C=O) groups excluding carboxylic acids is 1. The number of rotatable bonds is 2. The topological polar surface area (TPSA) is 28.5 Å². The van der Waals surface area contributed by atoms with Crippen LogP contribution < -0.4 is 0 Å². The first-order chi connectivity index (χ1) is 12.5. The van der Waals surface area contributed by atoms with Crippen molar-refractivity contribution in [1.29, 1.82) is 0 Å². The molecule has 1 amide bonds. The molecule has 0 N–H and O–H groups in total. The standard InChI is InChI=1S/C21H28FN3O/c1-15-6-7-20(22)19-8-9-25(21(15)19)18-5-3-4-17(14-18)24-12-10-23(11-13-24)16(2)26/h6-9,17-18H,3-5,10-14H2,1-2H3/t17-,18+/m1/s1. The third-order valence-corrected chi connectivity index (χ3v) is 6.31. The summed E-state index contributed by atoms with van der Waals surface area (Å²) in [5.74, 6) is 0.0551. The van der Waals surface area contributed by atoms with Crippen LogP contribution in [0.15, 0.2) is 24.4 Å². The van der Waals surface area contributed by atoms with Gasteiger partial charge in [0, 0.05) is 56.8 Å². The Morgan fingerprint density at radius 2 is 1.81 bits per heavy atom. The van der Waals surface area contributed by atoms with Crippen LogP contribution in [0.5, 0.6) is 0 Å². The summed E-state index contributed by atoms with van der Waals surface area (Å²) in [6.45, 7) is 7.35. The number of piperazine rings is 1. The molecule has 2 heterocycles. The van der Waals surface area contributed by atoms with Crippen molar-refractivity contribution in [2.75, 3.05) is 26.2 Å². The molecule has 0 radical (unpaired) electrons. The van der Waals surface area contributed by atoms with Crippen molar-refractivity contribution in [3.05, 3.63) is 35.8 Å². The second-order valence-corrected chi connectivity index (χ2v) is 7.87. The van der Waals surface area contributed by atoms with E-state index in [-0.39, 0.29) is 11.7 Å². The van der Waals surface area contributed by atoms with Gasteiger partial charge >= 0.3 is 0 Å². The lowest BCUT2D eigenvalue weighted by molar-refractivity contribution is -0.131. The average Bonchev–Trinajstić information content (AvgIpc) is 3.11. The predicted molar refractivity (Wildman–Crippen MR) is 102 cm³/mol. The highest BCUT2D eigenvalue weighted by Crippen LogP contribution is 2.35. The summed E-state index contributed by atoms with van der Waals surface area (Å²) in [7, 11) is 0. The smallest absolute Gasteiger partial charge is 0.219 e. The first-order valence-electron chi connectivity index (χ1n) is 9.80. The number of carbonyl (C=O) groups is 1. The van der Waals surface area contributed by atoms with Gasteiger partial charge in [-0.05, 0) is 50.3 Å². The highest BCUT2D eigenvalue weighted by molar-refractivity contribution is 5.84. The van der Waals surface area contributed by atoms with E-state index in [4.69, 9.17) is 0 Å². The van der Waals surface area contributed by atoms with Crippen molar-refractivity contribution in [1.82, 2.24) is 14.4 Å². The zero-order chi connectivity index (χ0) is 18.3. The Morgan fingerprint density at radius 3 is 2.54 bits per heavy atom. The lowest BCUT2D eigenvalue weighted by Gasteiger charge is -2.42. The number of benzene rings is 1.